The molecular weight excluding hydrogens is 192 g/mol. The lowest BCUT2D eigenvalue weighted by Gasteiger charge is -2.22. The van der Waals surface area contributed by atoms with E-state index < -0.39 is 18.0 Å². The Morgan fingerprint density at radius 2 is 1.73 bits per heavy atom. The number of rotatable bonds is 4. The van der Waals surface area contributed by atoms with Crippen molar-refractivity contribution in [1.29, 1.82) is 0 Å². The molecule has 3 heteroatoms. The molecule has 2 atom stereocenters. The van der Waals surface area contributed by atoms with Gasteiger partial charge in [-0.3, -0.25) is 4.79 Å². The van der Waals surface area contributed by atoms with Crippen molar-refractivity contribution < 1.29 is 15.0 Å². The van der Waals surface area contributed by atoms with E-state index in [4.69, 9.17) is 5.11 Å². The molecule has 3 nitrogen and oxygen atoms in total. The largest absolute Gasteiger partial charge is 0.481 e. The van der Waals surface area contributed by atoms with Gasteiger partial charge in [-0.1, -0.05) is 44.2 Å². The standard InChI is InChI=1S/C12H16O3/c1-8(2)10(12(14)15)11(13)9-6-4-3-5-7-9/h3-8,10-11,13H,1-2H3,(H,14,15). The third-order valence-electron chi connectivity index (χ3n) is 2.48. The van der Waals surface area contributed by atoms with Crippen molar-refractivity contribution >= 4 is 5.97 Å². The molecule has 1 rings (SSSR count). The highest BCUT2D eigenvalue weighted by Crippen LogP contribution is 2.27. The van der Waals surface area contributed by atoms with Crippen molar-refractivity contribution in [2.24, 2.45) is 11.8 Å². The van der Waals surface area contributed by atoms with Crippen LogP contribution in [0.25, 0.3) is 0 Å². The fourth-order valence-electron chi connectivity index (χ4n) is 1.64. The third kappa shape index (κ3) is 2.80. The average Bonchev–Trinajstić information content (AvgIpc) is 2.18. The lowest BCUT2D eigenvalue weighted by Crippen LogP contribution is -2.26. The summed E-state index contributed by atoms with van der Waals surface area (Å²) in [6.07, 6.45) is -0.941. The predicted octanol–water partition coefficient (Wildman–Crippen LogP) is 2.08. The van der Waals surface area contributed by atoms with E-state index in [1.807, 2.05) is 6.07 Å². The summed E-state index contributed by atoms with van der Waals surface area (Å²) in [6, 6.07) is 8.89. The molecule has 1 aromatic carbocycles. The van der Waals surface area contributed by atoms with E-state index in [-0.39, 0.29) is 5.92 Å². The SMILES string of the molecule is CC(C)C(C(=O)O)C(O)c1ccccc1. The molecule has 0 radical (unpaired) electrons. The Hall–Kier alpha value is -1.35. The van der Waals surface area contributed by atoms with Crippen LogP contribution in [0, 0.1) is 11.8 Å². The highest BCUT2D eigenvalue weighted by atomic mass is 16.4. The zero-order valence-electron chi connectivity index (χ0n) is 8.92. The van der Waals surface area contributed by atoms with E-state index in [9.17, 15) is 9.90 Å². The number of hydrogen-bond donors (Lipinski definition) is 2. The molecule has 0 aliphatic carbocycles. The first-order valence-corrected chi connectivity index (χ1v) is 5.00. The van der Waals surface area contributed by atoms with Gasteiger partial charge < -0.3 is 10.2 Å². The predicted molar refractivity (Wildman–Crippen MR) is 57.4 cm³/mol. The fourth-order valence-corrected chi connectivity index (χ4v) is 1.64. The number of aliphatic hydroxyl groups is 1. The first-order chi connectivity index (χ1) is 7.04. The van der Waals surface area contributed by atoms with Gasteiger partial charge in [0.1, 0.15) is 0 Å². The minimum atomic E-state index is -0.957. The Kier molecular flexibility index (Phi) is 3.86. The molecule has 0 aromatic heterocycles. The number of benzene rings is 1. The number of carboxylic acid groups (broad SMARTS) is 1. The van der Waals surface area contributed by atoms with Gasteiger partial charge in [-0.15, -0.1) is 0 Å². The third-order valence-corrected chi connectivity index (χ3v) is 2.48. The van der Waals surface area contributed by atoms with Crippen molar-refractivity contribution in [3.8, 4) is 0 Å². The Bertz CT molecular complexity index is 319. The summed E-state index contributed by atoms with van der Waals surface area (Å²) in [5.74, 6) is -1.81. The van der Waals surface area contributed by atoms with E-state index in [1.54, 1.807) is 38.1 Å². The molecule has 0 fully saturated rings. The van der Waals surface area contributed by atoms with Crippen LogP contribution in [-0.2, 0) is 4.79 Å². The van der Waals surface area contributed by atoms with Gasteiger partial charge in [0.05, 0.1) is 12.0 Å². The second-order valence-electron chi connectivity index (χ2n) is 3.96. The first kappa shape index (κ1) is 11.7. The van der Waals surface area contributed by atoms with Crippen molar-refractivity contribution in [1.82, 2.24) is 0 Å². The van der Waals surface area contributed by atoms with Gasteiger partial charge >= 0.3 is 5.97 Å². The Balaban J connectivity index is 2.91. The quantitative estimate of drug-likeness (QED) is 0.796. The van der Waals surface area contributed by atoms with Crippen LogP contribution in [0.1, 0.15) is 25.5 Å². The fraction of sp³-hybridized carbons (Fsp3) is 0.417. The molecule has 82 valence electrons. The van der Waals surface area contributed by atoms with Crippen LogP contribution in [-0.4, -0.2) is 16.2 Å². The maximum absolute atomic E-state index is 11.0. The van der Waals surface area contributed by atoms with Gasteiger partial charge in [0.2, 0.25) is 0 Å². The van der Waals surface area contributed by atoms with Gasteiger partial charge in [0.15, 0.2) is 0 Å². The van der Waals surface area contributed by atoms with Crippen LogP contribution >= 0.6 is 0 Å². The smallest absolute Gasteiger partial charge is 0.309 e. The number of carbonyl (C=O) groups is 1. The summed E-state index contributed by atoms with van der Waals surface area (Å²) >= 11 is 0. The lowest BCUT2D eigenvalue weighted by molar-refractivity contribution is -0.148. The Morgan fingerprint density at radius 1 is 1.20 bits per heavy atom. The molecule has 0 spiro atoms. The van der Waals surface area contributed by atoms with Crippen molar-refractivity contribution in [2.75, 3.05) is 0 Å². The normalized spacial score (nSPS) is 14.9. The zero-order valence-corrected chi connectivity index (χ0v) is 8.92. The number of aliphatic hydroxyl groups excluding tert-OH is 1. The van der Waals surface area contributed by atoms with E-state index in [0.29, 0.717) is 5.56 Å². The van der Waals surface area contributed by atoms with Gasteiger partial charge in [-0.05, 0) is 11.5 Å². The van der Waals surface area contributed by atoms with E-state index in [2.05, 4.69) is 0 Å². The van der Waals surface area contributed by atoms with Crippen LogP contribution in [0.2, 0.25) is 0 Å². The van der Waals surface area contributed by atoms with Crippen LogP contribution in [0.15, 0.2) is 30.3 Å². The van der Waals surface area contributed by atoms with Crippen LogP contribution in [0.4, 0.5) is 0 Å². The molecule has 1 aromatic rings. The molecule has 0 heterocycles. The number of carboxylic acids is 1. The van der Waals surface area contributed by atoms with Crippen LogP contribution < -0.4 is 0 Å². The number of hydrogen-bond acceptors (Lipinski definition) is 2. The number of aliphatic carboxylic acids is 1. The van der Waals surface area contributed by atoms with Gasteiger partial charge in [-0.2, -0.15) is 0 Å². The minimum Gasteiger partial charge on any atom is -0.481 e. The van der Waals surface area contributed by atoms with Gasteiger partial charge in [0.25, 0.3) is 0 Å². The van der Waals surface area contributed by atoms with Crippen molar-refractivity contribution in [3.05, 3.63) is 35.9 Å². The van der Waals surface area contributed by atoms with Crippen LogP contribution in [0.3, 0.4) is 0 Å². The van der Waals surface area contributed by atoms with Crippen LogP contribution in [0.5, 0.6) is 0 Å². The highest BCUT2D eigenvalue weighted by molar-refractivity contribution is 5.71. The van der Waals surface area contributed by atoms with Gasteiger partial charge in [-0.25, -0.2) is 0 Å². The second-order valence-corrected chi connectivity index (χ2v) is 3.96. The molecule has 2 unspecified atom stereocenters. The first-order valence-electron chi connectivity index (χ1n) is 5.00. The average molecular weight is 208 g/mol. The maximum Gasteiger partial charge on any atom is 0.309 e. The summed E-state index contributed by atoms with van der Waals surface area (Å²) in [5.41, 5.74) is 0.651. The molecule has 2 N–H and O–H groups in total. The highest BCUT2D eigenvalue weighted by Gasteiger charge is 2.30. The lowest BCUT2D eigenvalue weighted by atomic mass is 9.87. The molecule has 0 aliphatic rings. The van der Waals surface area contributed by atoms with E-state index >= 15 is 0 Å². The second kappa shape index (κ2) is 4.94. The van der Waals surface area contributed by atoms with E-state index in [1.165, 1.54) is 0 Å². The molecule has 0 bridgehead atoms. The van der Waals surface area contributed by atoms with Gasteiger partial charge in [0, 0.05) is 0 Å². The molecule has 0 saturated carbocycles. The molecule has 0 saturated heterocycles. The molecular formula is C12H16O3. The Labute approximate surface area is 89.4 Å². The molecule has 15 heavy (non-hydrogen) atoms. The Morgan fingerprint density at radius 3 is 2.13 bits per heavy atom. The molecule has 0 aliphatic heterocycles. The monoisotopic (exact) mass is 208 g/mol. The van der Waals surface area contributed by atoms with E-state index in [0.717, 1.165) is 0 Å². The van der Waals surface area contributed by atoms with Crippen molar-refractivity contribution in [2.45, 2.75) is 20.0 Å². The summed E-state index contributed by atoms with van der Waals surface area (Å²) in [6.45, 7) is 3.59. The summed E-state index contributed by atoms with van der Waals surface area (Å²) in [4.78, 5) is 11.0. The summed E-state index contributed by atoms with van der Waals surface area (Å²) in [5, 5.41) is 19.0. The zero-order chi connectivity index (χ0) is 11.4. The van der Waals surface area contributed by atoms with Crippen molar-refractivity contribution in [3.63, 3.8) is 0 Å². The topological polar surface area (TPSA) is 57.5 Å². The summed E-state index contributed by atoms with van der Waals surface area (Å²) in [7, 11) is 0. The maximum atomic E-state index is 11.0. The molecule has 0 amide bonds. The summed E-state index contributed by atoms with van der Waals surface area (Å²) < 4.78 is 0. The minimum absolute atomic E-state index is 0.0993.